The molecule has 2 rings (SSSR count). The summed E-state index contributed by atoms with van der Waals surface area (Å²) in [4.78, 5) is 0. The van der Waals surface area contributed by atoms with Crippen molar-refractivity contribution in [1.82, 2.24) is 0 Å². The maximum Gasteiger partial charge on any atom is 0.177 e. The lowest BCUT2D eigenvalue weighted by molar-refractivity contribution is 0.289. The van der Waals surface area contributed by atoms with E-state index < -0.39 is 6.10 Å². The van der Waals surface area contributed by atoms with E-state index in [0.29, 0.717) is 10.0 Å². The van der Waals surface area contributed by atoms with Crippen molar-refractivity contribution >= 4 is 23.2 Å². The maximum atomic E-state index is 9.68. The van der Waals surface area contributed by atoms with Crippen LogP contribution in [0.3, 0.4) is 0 Å². The van der Waals surface area contributed by atoms with Crippen LogP contribution in [0.5, 0.6) is 0 Å². The number of aliphatic hydroxyl groups is 1. The lowest BCUT2D eigenvalue weighted by Gasteiger charge is -1.93. The molecule has 3 heteroatoms. The summed E-state index contributed by atoms with van der Waals surface area (Å²) in [5.74, 6) is 11.0. The van der Waals surface area contributed by atoms with Gasteiger partial charge in [-0.15, -0.1) is 0 Å². The van der Waals surface area contributed by atoms with Gasteiger partial charge in [0.15, 0.2) is 6.10 Å². The quantitative estimate of drug-likeness (QED) is 0.735. The van der Waals surface area contributed by atoms with E-state index in [-0.39, 0.29) is 0 Å². The number of hydrogen-bond acceptors (Lipinski definition) is 1. The van der Waals surface area contributed by atoms with E-state index >= 15 is 0 Å². The minimum atomic E-state index is -0.999. The molecule has 0 aliphatic carbocycles. The minimum absolute atomic E-state index is 0.652. The Morgan fingerprint density at radius 3 is 1.40 bits per heavy atom. The van der Waals surface area contributed by atoms with Gasteiger partial charge in [-0.2, -0.15) is 0 Å². The number of halogens is 2. The van der Waals surface area contributed by atoms with Crippen molar-refractivity contribution in [1.29, 1.82) is 0 Å². The lowest BCUT2D eigenvalue weighted by atomic mass is 10.2. The van der Waals surface area contributed by atoms with Crippen molar-refractivity contribution in [3.05, 3.63) is 69.7 Å². The molecule has 0 heterocycles. The standard InChI is InChI=1S/C17H10Cl2O/c18-15-7-1-13(2-8-15)5-11-17(20)12-6-14-3-9-16(19)10-4-14/h1-4,7-10,17,20H. The van der Waals surface area contributed by atoms with Crippen molar-refractivity contribution in [2.45, 2.75) is 6.10 Å². The molecule has 20 heavy (non-hydrogen) atoms. The number of aliphatic hydroxyl groups excluding tert-OH is 1. The second-order valence-electron chi connectivity index (χ2n) is 3.95. The first-order valence-corrected chi connectivity index (χ1v) is 6.61. The van der Waals surface area contributed by atoms with E-state index in [1.165, 1.54) is 0 Å². The van der Waals surface area contributed by atoms with E-state index in [1.807, 2.05) is 0 Å². The molecule has 1 N–H and O–H groups in total. The van der Waals surface area contributed by atoms with Gasteiger partial charge in [-0.25, -0.2) is 0 Å². The zero-order valence-corrected chi connectivity index (χ0v) is 11.9. The molecule has 1 nitrogen and oxygen atoms in total. The molecule has 0 bridgehead atoms. The second kappa shape index (κ2) is 7.04. The Morgan fingerprint density at radius 2 is 1.05 bits per heavy atom. The Morgan fingerprint density at radius 1 is 0.700 bits per heavy atom. The van der Waals surface area contributed by atoms with Gasteiger partial charge in [0.1, 0.15) is 0 Å². The van der Waals surface area contributed by atoms with Gasteiger partial charge in [0.05, 0.1) is 0 Å². The summed E-state index contributed by atoms with van der Waals surface area (Å²) in [7, 11) is 0. The van der Waals surface area contributed by atoms with Crippen molar-refractivity contribution < 1.29 is 5.11 Å². The molecule has 0 saturated heterocycles. The Hall–Kier alpha value is -1.90. The fourth-order valence-corrected chi connectivity index (χ4v) is 1.66. The third-order valence-corrected chi connectivity index (χ3v) is 2.90. The van der Waals surface area contributed by atoms with E-state index in [1.54, 1.807) is 48.5 Å². The van der Waals surface area contributed by atoms with Crippen molar-refractivity contribution in [2.75, 3.05) is 0 Å². The van der Waals surface area contributed by atoms with Crippen LogP contribution in [0.1, 0.15) is 11.1 Å². The molecule has 0 aromatic heterocycles. The highest BCUT2D eigenvalue weighted by Crippen LogP contribution is 2.09. The van der Waals surface area contributed by atoms with Gasteiger partial charge in [0.25, 0.3) is 0 Å². The average molecular weight is 301 g/mol. The minimum Gasteiger partial charge on any atom is -0.369 e. The van der Waals surface area contributed by atoms with Gasteiger partial charge in [0, 0.05) is 21.2 Å². The molecule has 0 amide bonds. The summed E-state index contributed by atoms with van der Waals surface area (Å²) < 4.78 is 0. The van der Waals surface area contributed by atoms with Crippen LogP contribution in [0.2, 0.25) is 10.0 Å². The smallest absolute Gasteiger partial charge is 0.177 e. The molecule has 98 valence electrons. The van der Waals surface area contributed by atoms with E-state index in [4.69, 9.17) is 23.2 Å². The summed E-state index contributed by atoms with van der Waals surface area (Å²) in [5, 5.41) is 11.0. The number of hydrogen-bond donors (Lipinski definition) is 1. The fraction of sp³-hybridized carbons (Fsp3) is 0.0588. The van der Waals surface area contributed by atoms with E-state index in [2.05, 4.69) is 23.7 Å². The summed E-state index contributed by atoms with van der Waals surface area (Å²) >= 11 is 11.5. The highest BCUT2D eigenvalue weighted by Gasteiger charge is 1.93. The first-order valence-electron chi connectivity index (χ1n) is 5.86. The lowest BCUT2D eigenvalue weighted by Crippen LogP contribution is -1.97. The maximum absolute atomic E-state index is 9.68. The average Bonchev–Trinajstić information content (AvgIpc) is 2.46. The van der Waals surface area contributed by atoms with Gasteiger partial charge in [-0.05, 0) is 48.5 Å². The van der Waals surface area contributed by atoms with Crippen molar-refractivity contribution in [3.63, 3.8) is 0 Å². The molecule has 0 unspecified atom stereocenters. The van der Waals surface area contributed by atoms with E-state index in [0.717, 1.165) is 11.1 Å². The van der Waals surface area contributed by atoms with Crippen LogP contribution in [-0.4, -0.2) is 11.2 Å². The Balaban J connectivity index is 2.05. The highest BCUT2D eigenvalue weighted by atomic mass is 35.5. The monoisotopic (exact) mass is 300 g/mol. The molecule has 0 aliphatic rings. The Labute approximate surface area is 128 Å². The molecule has 0 aliphatic heterocycles. The van der Waals surface area contributed by atoms with Crippen LogP contribution in [-0.2, 0) is 0 Å². The Bertz CT molecular complexity index is 632. The van der Waals surface area contributed by atoms with Gasteiger partial charge in [-0.3, -0.25) is 0 Å². The number of rotatable bonds is 0. The molecule has 2 aromatic carbocycles. The van der Waals surface area contributed by atoms with Crippen LogP contribution >= 0.6 is 23.2 Å². The van der Waals surface area contributed by atoms with Crippen LogP contribution in [0.4, 0.5) is 0 Å². The summed E-state index contributed by atoms with van der Waals surface area (Å²) in [6.07, 6.45) is -0.999. The molecule has 0 fully saturated rings. The molecule has 0 radical (unpaired) electrons. The number of benzene rings is 2. The predicted molar refractivity (Wildman–Crippen MR) is 82.7 cm³/mol. The highest BCUT2D eigenvalue weighted by molar-refractivity contribution is 6.30. The normalized spacial score (nSPS) is 9.40. The molecular formula is C17H10Cl2O. The molecule has 0 atom stereocenters. The van der Waals surface area contributed by atoms with Crippen LogP contribution in [0.25, 0.3) is 0 Å². The van der Waals surface area contributed by atoms with Gasteiger partial charge < -0.3 is 5.11 Å². The fourth-order valence-electron chi connectivity index (χ4n) is 1.41. The second-order valence-corrected chi connectivity index (χ2v) is 4.83. The van der Waals surface area contributed by atoms with Crippen molar-refractivity contribution in [2.24, 2.45) is 0 Å². The third kappa shape index (κ3) is 4.65. The third-order valence-electron chi connectivity index (χ3n) is 2.39. The first kappa shape index (κ1) is 14.5. The summed E-state index contributed by atoms with van der Waals surface area (Å²) in [5.41, 5.74) is 1.56. The Kier molecular flexibility index (Phi) is 5.10. The summed E-state index contributed by atoms with van der Waals surface area (Å²) in [6.45, 7) is 0. The van der Waals surface area contributed by atoms with Gasteiger partial charge in [-0.1, -0.05) is 46.9 Å². The SMILES string of the molecule is OC(C#Cc1ccc(Cl)cc1)C#Cc1ccc(Cl)cc1. The predicted octanol–water partition coefficient (Wildman–Crippen LogP) is 3.76. The van der Waals surface area contributed by atoms with Crippen LogP contribution in [0, 0.1) is 23.7 Å². The van der Waals surface area contributed by atoms with Gasteiger partial charge in [0.2, 0.25) is 0 Å². The zero-order chi connectivity index (χ0) is 14.4. The molecular weight excluding hydrogens is 291 g/mol. The largest absolute Gasteiger partial charge is 0.369 e. The van der Waals surface area contributed by atoms with E-state index in [9.17, 15) is 5.11 Å². The molecule has 2 aromatic rings. The first-order chi connectivity index (χ1) is 9.63. The van der Waals surface area contributed by atoms with Crippen molar-refractivity contribution in [3.8, 4) is 23.7 Å². The van der Waals surface area contributed by atoms with Gasteiger partial charge >= 0.3 is 0 Å². The van der Waals surface area contributed by atoms with Crippen LogP contribution in [0.15, 0.2) is 48.5 Å². The molecule has 0 saturated carbocycles. The van der Waals surface area contributed by atoms with Crippen LogP contribution < -0.4 is 0 Å². The molecule has 0 spiro atoms. The topological polar surface area (TPSA) is 20.2 Å². The summed E-state index contributed by atoms with van der Waals surface area (Å²) in [6, 6.07) is 14.1. The zero-order valence-electron chi connectivity index (χ0n) is 10.4.